The van der Waals surface area contributed by atoms with Gasteiger partial charge < -0.3 is 10.4 Å². The van der Waals surface area contributed by atoms with Gasteiger partial charge in [0.2, 0.25) is 0 Å². The molecule has 0 aromatic carbocycles. The molecule has 1 aliphatic heterocycles. The third kappa shape index (κ3) is 2.88. The smallest absolute Gasteiger partial charge is 0.0693 e. The van der Waals surface area contributed by atoms with Gasteiger partial charge in [-0.05, 0) is 31.4 Å². The second-order valence-corrected chi connectivity index (χ2v) is 5.91. The van der Waals surface area contributed by atoms with E-state index in [0.717, 1.165) is 18.2 Å². The Morgan fingerprint density at radius 2 is 2.00 bits per heavy atom. The first kappa shape index (κ1) is 10.8. The van der Waals surface area contributed by atoms with Gasteiger partial charge in [0.25, 0.3) is 0 Å². The second kappa shape index (κ2) is 5.38. The molecular weight excluding hydrogens is 194 g/mol. The molecule has 0 bridgehead atoms. The molecule has 2 nitrogen and oxygen atoms in total. The van der Waals surface area contributed by atoms with Gasteiger partial charge in [-0.3, -0.25) is 0 Å². The molecule has 2 aliphatic rings. The van der Waals surface area contributed by atoms with E-state index >= 15 is 0 Å². The predicted octanol–water partition coefficient (Wildman–Crippen LogP) is 1.78. The number of hydrogen-bond donors (Lipinski definition) is 2. The molecule has 14 heavy (non-hydrogen) atoms. The molecule has 1 unspecified atom stereocenters. The van der Waals surface area contributed by atoms with Crippen molar-refractivity contribution in [2.45, 2.75) is 55.9 Å². The van der Waals surface area contributed by atoms with Crippen molar-refractivity contribution in [1.29, 1.82) is 0 Å². The van der Waals surface area contributed by atoms with Crippen LogP contribution in [0, 0.1) is 0 Å². The first-order valence-electron chi connectivity index (χ1n) is 5.89. The van der Waals surface area contributed by atoms with Crippen molar-refractivity contribution in [1.82, 2.24) is 5.32 Å². The van der Waals surface area contributed by atoms with Crippen LogP contribution in [0.5, 0.6) is 0 Å². The summed E-state index contributed by atoms with van der Waals surface area (Å²) >= 11 is 2.09. The topological polar surface area (TPSA) is 32.3 Å². The molecule has 2 fully saturated rings. The van der Waals surface area contributed by atoms with E-state index in [9.17, 15) is 5.11 Å². The van der Waals surface area contributed by atoms with Gasteiger partial charge in [0.05, 0.1) is 6.10 Å². The molecule has 0 spiro atoms. The number of thioether (sulfide) groups is 1. The van der Waals surface area contributed by atoms with Crippen molar-refractivity contribution in [3.8, 4) is 0 Å². The van der Waals surface area contributed by atoms with Crippen LogP contribution < -0.4 is 5.32 Å². The highest BCUT2D eigenvalue weighted by atomic mass is 32.2. The van der Waals surface area contributed by atoms with Gasteiger partial charge in [0.15, 0.2) is 0 Å². The molecular formula is C11H21NOS. The Bertz CT molecular complexity index is 171. The number of rotatable bonds is 3. The maximum atomic E-state index is 9.77. The lowest BCUT2D eigenvalue weighted by Gasteiger charge is -2.29. The minimum absolute atomic E-state index is 0.0878. The van der Waals surface area contributed by atoms with Gasteiger partial charge in [-0.1, -0.05) is 12.8 Å². The highest BCUT2D eigenvalue weighted by Crippen LogP contribution is 2.26. The fraction of sp³-hybridized carbons (Fsp3) is 1.00. The van der Waals surface area contributed by atoms with Crippen LogP contribution in [-0.4, -0.2) is 34.8 Å². The van der Waals surface area contributed by atoms with Crippen LogP contribution in [0.1, 0.15) is 38.5 Å². The minimum atomic E-state index is -0.0878. The Hall–Kier alpha value is 0.270. The second-order valence-electron chi connectivity index (χ2n) is 4.50. The van der Waals surface area contributed by atoms with E-state index in [1.807, 2.05) is 0 Å². The maximum absolute atomic E-state index is 9.77. The van der Waals surface area contributed by atoms with E-state index in [1.165, 1.54) is 37.9 Å². The lowest BCUT2D eigenvalue weighted by molar-refractivity contribution is 0.0913. The molecule has 0 amide bonds. The molecule has 82 valence electrons. The normalized spacial score (nSPS) is 38.8. The summed E-state index contributed by atoms with van der Waals surface area (Å²) in [6, 6.07) is 0.380. The molecule has 0 radical (unpaired) electrons. The Morgan fingerprint density at radius 1 is 1.14 bits per heavy atom. The van der Waals surface area contributed by atoms with E-state index in [-0.39, 0.29) is 6.10 Å². The molecule has 1 saturated heterocycles. The van der Waals surface area contributed by atoms with Gasteiger partial charge in [-0.25, -0.2) is 0 Å². The molecule has 1 heterocycles. The summed E-state index contributed by atoms with van der Waals surface area (Å²) in [5.41, 5.74) is 0. The number of hydrogen-bond acceptors (Lipinski definition) is 3. The molecule has 2 rings (SSSR count). The molecule has 2 N–H and O–H groups in total. The number of nitrogens with one attached hydrogen (secondary N) is 1. The lowest BCUT2D eigenvalue weighted by Crippen LogP contribution is -2.44. The largest absolute Gasteiger partial charge is 0.392 e. The van der Waals surface area contributed by atoms with Crippen LogP contribution in [0.25, 0.3) is 0 Å². The Morgan fingerprint density at radius 3 is 2.71 bits per heavy atom. The Balaban J connectivity index is 1.67. The maximum Gasteiger partial charge on any atom is 0.0693 e. The quantitative estimate of drug-likeness (QED) is 0.752. The molecule has 1 saturated carbocycles. The van der Waals surface area contributed by atoms with Gasteiger partial charge in [0.1, 0.15) is 0 Å². The van der Waals surface area contributed by atoms with Crippen molar-refractivity contribution in [3.63, 3.8) is 0 Å². The van der Waals surface area contributed by atoms with E-state index < -0.39 is 0 Å². The van der Waals surface area contributed by atoms with Crippen molar-refractivity contribution in [2.75, 3.05) is 12.3 Å². The van der Waals surface area contributed by atoms with Gasteiger partial charge in [-0.2, -0.15) is 11.8 Å². The highest BCUT2D eigenvalue weighted by Gasteiger charge is 2.24. The monoisotopic (exact) mass is 215 g/mol. The Kier molecular flexibility index (Phi) is 4.14. The average molecular weight is 215 g/mol. The van der Waals surface area contributed by atoms with Crippen LogP contribution in [-0.2, 0) is 0 Å². The van der Waals surface area contributed by atoms with Gasteiger partial charge in [0, 0.05) is 17.8 Å². The van der Waals surface area contributed by atoms with Crippen LogP contribution in [0.2, 0.25) is 0 Å². The summed E-state index contributed by atoms with van der Waals surface area (Å²) in [5.74, 6) is 1.33. The average Bonchev–Trinajstić information content (AvgIpc) is 2.69. The number of aliphatic hydroxyl groups excluding tert-OH is 1. The van der Waals surface area contributed by atoms with Crippen LogP contribution in [0.15, 0.2) is 0 Å². The third-order valence-corrected chi connectivity index (χ3v) is 4.76. The Labute approximate surface area is 90.8 Å². The summed E-state index contributed by atoms with van der Waals surface area (Å²) in [6.45, 7) is 1.10. The fourth-order valence-corrected chi connectivity index (χ4v) is 3.65. The zero-order valence-electron chi connectivity index (χ0n) is 8.74. The first-order chi connectivity index (χ1) is 6.86. The number of aliphatic hydroxyl groups is 1. The molecule has 0 aromatic heterocycles. The van der Waals surface area contributed by atoms with E-state index in [1.54, 1.807) is 0 Å². The highest BCUT2D eigenvalue weighted by molar-refractivity contribution is 8.00. The zero-order valence-corrected chi connectivity index (χ0v) is 9.56. The SMILES string of the molecule is O[C@@H]1CCCC[C@H]1NCC1CCCS1. The van der Waals surface area contributed by atoms with Gasteiger partial charge >= 0.3 is 0 Å². The standard InChI is InChI=1S/C11H21NOS/c13-11-6-2-1-5-10(11)12-8-9-4-3-7-14-9/h9-13H,1-8H2/t9?,10-,11-/m1/s1. The van der Waals surface area contributed by atoms with E-state index in [0.29, 0.717) is 6.04 Å². The third-order valence-electron chi connectivity index (χ3n) is 3.36. The van der Waals surface area contributed by atoms with E-state index in [4.69, 9.17) is 0 Å². The summed E-state index contributed by atoms with van der Waals surface area (Å²) < 4.78 is 0. The molecule has 3 atom stereocenters. The summed E-state index contributed by atoms with van der Waals surface area (Å²) in [5, 5.41) is 14.1. The predicted molar refractivity (Wildman–Crippen MR) is 61.7 cm³/mol. The molecule has 0 aromatic rings. The molecule has 1 aliphatic carbocycles. The van der Waals surface area contributed by atoms with Gasteiger partial charge in [-0.15, -0.1) is 0 Å². The van der Waals surface area contributed by atoms with Crippen LogP contribution in [0.3, 0.4) is 0 Å². The van der Waals surface area contributed by atoms with E-state index in [2.05, 4.69) is 17.1 Å². The van der Waals surface area contributed by atoms with Crippen LogP contribution >= 0.6 is 11.8 Å². The van der Waals surface area contributed by atoms with Crippen LogP contribution in [0.4, 0.5) is 0 Å². The van der Waals surface area contributed by atoms with Crippen molar-refractivity contribution in [2.24, 2.45) is 0 Å². The summed E-state index contributed by atoms with van der Waals surface area (Å²) in [4.78, 5) is 0. The lowest BCUT2D eigenvalue weighted by atomic mass is 9.92. The molecule has 3 heteroatoms. The summed E-state index contributed by atoms with van der Waals surface area (Å²) in [6.07, 6.45) is 7.30. The summed E-state index contributed by atoms with van der Waals surface area (Å²) in [7, 11) is 0. The van der Waals surface area contributed by atoms with Crippen molar-refractivity contribution in [3.05, 3.63) is 0 Å². The zero-order chi connectivity index (χ0) is 9.80. The van der Waals surface area contributed by atoms with Crippen molar-refractivity contribution < 1.29 is 5.11 Å². The first-order valence-corrected chi connectivity index (χ1v) is 6.94. The van der Waals surface area contributed by atoms with Crippen molar-refractivity contribution >= 4 is 11.8 Å². The fourth-order valence-electron chi connectivity index (χ4n) is 2.44. The minimum Gasteiger partial charge on any atom is -0.392 e.